The molecule has 1 fully saturated rings. The Hall–Kier alpha value is -3.20. The molecule has 5 aliphatic carbocycles. The number of nitrogens with two attached hydrogens (primary N) is 1. The second kappa shape index (κ2) is 14.5. The van der Waals surface area contributed by atoms with Gasteiger partial charge >= 0.3 is 0 Å². The number of likely N-dealkylation sites (N-methyl/N-ethyl adjacent to an activating group) is 2. The number of rotatable bonds is 17. The summed E-state index contributed by atoms with van der Waals surface area (Å²) in [7, 11) is 3.57. The summed E-state index contributed by atoms with van der Waals surface area (Å²) in [5, 5.41) is 0. The van der Waals surface area contributed by atoms with Gasteiger partial charge in [0.2, 0.25) is 12.3 Å². The van der Waals surface area contributed by atoms with Gasteiger partial charge in [0.1, 0.15) is 0 Å². The van der Waals surface area contributed by atoms with Gasteiger partial charge in [-0.05, 0) is 59.8 Å². The summed E-state index contributed by atoms with van der Waals surface area (Å²) in [6, 6.07) is 6.54. The molecule has 0 radical (unpaired) electrons. The molecule has 6 unspecified atom stereocenters. The molecule has 2 bridgehead atoms. The molecule has 1 saturated carbocycles. The van der Waals surface area contributed by atoms with Crippen LogP contribution in [0.25, 0.3) is 0 Å². The Morgan fingerprint density at radius 1 is 0.884 bits per heavy atom. The van der Waals surface area contributed by atoms with Crippen LogP contribution in [0.4, 0.5) is 5.69 Å². The third kappa shape index (κ3) is 6.82. The molecule has 232 valence electrons. The number of nitrogen functional groups attached to an aromatic ring is 1. The van der Waals surface area contributed by atoms with E-state index in [0.29, 0.717) is 88.7 Å². The number of hydrogen-bond acceptors (Lipinski definition) is 6. The lowest BCUT2D eigenvalue weighted by atomic mass is 9.40. The van der Waals surface area contributed by atoms with Crippen molar-refractivity contribution < 1.29 is 23.8 Å². The summed E-state index contributed by atoms with van der Waals surface area (Å²) in [4.78, 5) is 26.9. The normalized spacial score (nSPS) is 27.4. The third-order valence-electron chi connectivity index (χ3n) is 9.76. The standard InChI is InChI=1S/C35H47N3O5/c1-37(25-39)16-18-41-20-22-43-23-21-42-19-17-38(2)32(40)11-7-15-35-14-6-5-10-31(35)33-27-8-3-4-9-29(27)34(35)30-24-26(36)12-13-28(30)33/h3-6,8-10,12-14,24-25,27,29,31,33-34H,7,11,15-23,36H2,1-2H3. The zero-order chi connectivity index (χ0) is 30.2. The average molecular weight is 590 g/mol. The van der Waals surface area contributed by atoms with E-state index in [1.165, 1.54) is 16.0 Å². The first-order valence-electron chi connectivity index (χ1n) is 15.7. The van der Waals surface area contributed by atoms with Crippen LogP contribution in [0.3, 0.4) is 0 Å². The van der Waals surface area contributed by atoms with E-state index in [4.69, 9.17) is 19.9 Å². The number of allylic oxidation sites excluding steroid dienone is 8. The summed E-state index contributed by atoms with van der Waals surface area (Å²) < 4.78 is 16.6. The van der Waals surface area contributed by atoms with Crippen molar-refractivity contribution in [1.82, 2.24) is 9.80 Å². The minimum atomic E-state index is -0.0181. The molecule has 6 atom stereocenters. The highest BCUT2D eigenvalue weighted by Crippen LogP contribution is 2.70. The van der Waals surface area contributed by atoms with Crippen LogP contribution in [0.5, 0.6) is 0 Å². The molecule has 43 heavy (non-hydrogen) atoms. The van der Waals surface area contributed by atoms with Gasteiger partial charge in [0.15, 0.2) is 0 Å². The molecule has 0 spiro atoms. The molecule has 0 aliphatic heterocycles. The quantitative estimate of drug-likeness (QED) is 0.165. The number of amides is 2. The highest BCUT2D eigenvalue weighted by Gasteiger charge is 2.61. The highest BCUT2D eigenvalue weighted by atomic mass is 16.5. The van der Waals surface area contributed by atoms with Gasteiger partial charge in [0.25, 0.3) is 0 Å². The summed E-state index contributed by atoms with van der Waals surface area (Å²) in [6.45, 7) is 4.00. The van der Waals surface area contributed by atoms with E-state index in [0.717, 1.165) is 24.9 Å². The van der Waals surface area contributed by atoms with Crippen LogP contribution in [0.1, 0.15) is 42.2 Å². The largest absolute Gasteiger partial charge is 0.399 e. The second-order valence-corrected chi connectivity index (χ2v) is 12.3. The highest BCUT2D eigenvalue weighted by molar-refractivity contribution is 5.75. The van der Waals surface area contributed by atoms with Gasteiger partial charge < -0.3 is 29.7 Å². The van der Waals surface area contributed by atoms with Crippen molar-refractivity contribution in [1.29, 1.82) is 0 Å². The molecule has 8 nitrogen and oxygen atoms in total. The number of anilines is 1. The summed E-state index contributed by atoms with van der Waals surface area (Å²) in [6.07, 6.45) is 21.7. The van der Waals surface area contributed by atoms with Crippen LogP contribution in [0, 0.1) is 23.2 Å². The van der Waals surface area contributed by atoms with Gasteiger partial charge in [0.05, 0.1) is 39.6 Å². The molecule has 2 N–H and O–H groups in total. The number of carbonyl (C=O) groups is 2. The maximum atomic E-state index is 13.1. The number of ether oxygens (including phenoxy) is 3. The molecule has 5 aliphatic rings. The van der Waals surface area contributed by atoms with Gasteiger partial charge in [-0.25, -0.2) is 0 Å². The van der Waals surface area contributed by atoms with Gasteiger partial charge in [-0.15, -0.1) is 0 Å². The van der Waals surface area contributed by atoms with Crippen LogP contribution >= 0.6 is 0 Å². The molecule has 6 rings (SSSR count). The lowest BCUT2D eigenvalue weighted by molar-refractivity contribution is -0.131. The van der Waals surface area contributed by atoms with Gasteiger partial charge in [-0.1, -0.05) is 54.7 Å². The van der Waals surface area contributed by atoms with Crippen molar-refractivity contribution in [2.75, 3.05) is 72.6 Å². The monoisotopic (exact) mass is 589 g/mol. The Morgan fingerprint density at radius 3 is 2.30 bits per heavy atom. The van der Waals surface area contributed by atoms with Crippen molar-refractivity contribution in [3.8, 4) is 0 Å². The molecule has 0 aromatic heterocycles. The summed E-state index contributed by atoms with van der Waals surface area (Å²) >= 11 is 0. The van der Waals surface area contributed by atoms with Crippen molar-refractivity contribution in [2.24, 2.45) is 23.2 Å². The predicted molar refractivity (Wildman–Crippen MR) is 168 cm³/mol. The second-order valence-electron chi connectivity index (χ2n) is 12.3. The molecule has 0 saturated heterocycles. The van der Waals surface area contributed by atoms with Crippen LogP contribution < -0.4 is 5.73 Å². The third-order valence-corrected chi connectivity index (χ3v) is 9.76. The maximum absolute atomic E-state index is 13.1. The first-order valence-corrected chi connectivity index (χ1v) is 15.7. The maximum Gasteiger partial charge on any atom is 0.222 e. The first-order chi connectivity index (χ1) is 21.0. The minimum absolute atomic E-state index is 0.0181. The Kier molecular flexibility index (Phi) is 10.5. The zero-order valence-electron chi connectivity index (χ0n) is 25.6. The first kappa shape index (κ1) is 31.2. The predicted octanol–water partition coefficient (Wildman–Crippen LogP) is 4.32. The van der Waals surface area contributed by atoms with Crippen molar-refractivity contribution in [3.63, 3.8) is 0 Å². The van der Waals surface area contributed by atoms with Crippen LogP contribution in [0.15, 0.2) is 66.8 Å². The molecule has 8 heteroatoms. The summed E-state index contributed by atoms with van der Waals surface area (Å²) in [5.74, 6) is 2.26. The number of carbonyl (C=O) groups excluding carboxylic acids is 2. The molecular formula is C35H47N3O5. The fourth-order valence-electron chi connectivity index (χ4n) is 7.74. The number of hydrogen-bond donors (Lipinski definition) is 1. The Labute approximate surface area is 256 Å². The molecular weight excluding hydrogens is 542 g/mol. The Balaban J connectivity index is 1.07. The average Bonchev–Trinajstić information content (AvgIpc) is 3.02. The van der Waals surface area contributed by atoms with E-state index in [1.807, 2.05) is 7.05 Å². The van der Waals surface area contributed by atoms with E-state index in [-0.39, 0.29) is 11.3 Å². The van der Waals surface area contributed by atoms with Gasteiger partial charge in [-0.2, -0.15) is 0 Å². The number of nitrogens with zero attached hydrogens (tertiary/aromatic N) is 2. The van der Waals surface area contributed by atoms with Gasteiger partial charge in [0, 0.05) is 50.6 Å². The van der Waals surface area contributed by atoms with Crippen LogP contribution in [-0.4, -0.2) is 88.9 Å². The molecule has 1 aromatic rings. The van der Waals surface area contributed by atoms with Crippen molar-refractivity contribution in [3.05, 3.63) is 77.9 Å². The summed E-state index contributed by atoms with van der Waals surface area (Å²) in [5.41, 5.74) is 10.00. The van der Waals surface area contributed by atoms with E-state index < -0.39 is 0 Å². The van der Waals surface area contributed by atoms with Crippen molar-refractivity contribution >= 4 is 18.0 Å². The van der Waals surface area contributed by atoms with E-state index in [9.17, 15) is 9.59 Å². The molecule has 2 amide bonds. The van der Waals surface area contributed by atoms with E-state index in [1.54, 1.807) is 11.9 Å². The lowest BCUT2D eigenvalue weighted by Gasteiger charge is -2.63. The molecule has 0 heterocycles. The molecule has 1 aromatic carbocycles. The number of benzene rings is 1. The smallest absolute Gasteiger partial charge is 0.222 e. The van der Waals surface area contributed by atoms with Crippen LogP contribution in [0.2, 0.25) is 0 Å². The van der Waals surface area contributed by atoms with Crippen molar-refractivity contribution in [2.45, 2.75) is 31.1 Å². The Bertz CT molecular complexity index is 1240. The topological polar surface area (TPSA) is 94.3 Å². The lowest BCUT2D eigenvalue weighted by Crippen LogP contribution is -2.54. The van der Waals surface area contributed by atoms with Crippen LogP contribution in [-0.2, 0) is 23.8 Å². The van der Waals surface area contributed by atoms with E-state index >= 15 is 0 Å². The Morgan fingerprint density at radius 2 is 1.56 bits per heavy atom. The zero-order valence-corrected chi connectivity index (χ0v) is 25.6. The van der Waals surface area contributed by atoms with Gasteiger partial charge in [-0.3, -0.25) is 9.59 Å². The minimum Gasteiger partial charge on any atom is -0.399 e. The fraction of sp³-hybridized carbons (Fsp3) is 0.543. The van der Waals surface area contributed by atoms with E-state index in [2.05, 4.69) is 66.8 Å². The SMILES string of the molecule is CN(C=O)CCOCCOCCOCCN(C)C(=O)CCCC12C=CC=CC1C1c3ccc(N)cc3C2C2C=CC=CC21. The fourth-order valence-corrected chi connectivity index (χ4v) is 7.74.